The minimum Gasteiger partial charge on any atom is -0.481 e. The number of esters is 1. The molecule has 1 aliphatic rings. The Kier molecular flexibility index (Phi) is 4.50. The summed E-state index contributed by atoms with van der Waals surface area (Å²) in [6.07, 6.45) is -13.1. The lowest BCUT2D eigenvalue weighted by molar-refractivity contribution is -0.311. The van der Waals surface area contributed by atoms with Crippen molar-refractivity contribution in [1.29, 1.82) is 0 Å². The third-order valence-corrected chi connectivity index (χ3v) is 3.48. The lowest BCUT2D eigenvalue weighted by atomic mass is 9.73. The number of methoxy groups -OCH3 is 1. The maximum absolute atomic E-state index is 13.2. The van der Waals surface area contributed by atoms with E-state index in [0.29, 0.717) is 7.11 Å². The van der Waals surface area contributed by atoms with Gasteiger partial charge in [0.15, 0.2) is 0 Å². The van der Waals surface area contributed by atoms with Gasteiger partial charge in [0.05, 0.1) is 13.0 Å². The second-order valence-electron chi connectivity index (χ2n) is 4.72. The number of halogens is 6. The first kappa shape index (κ1) is 18.2. The molecule has 2 unspecified atom stereocenters. The fraction of sp³-hybridized carbons (Fsp3) is 0.727. The summed E-state index contributed by atoms with van der Waals surface area (Å²) >= 11 is 0. The minimum atomic E-state index is -5.95. The van der Waals surface area contributed by atoms with E-state index in [0.717, 1.165) is 6.92 Å². The maximum Gasteiger partial charge on any atom is 0.423 e. The highest BCUT2D eigenvalue weighted by Gasteiger charge is 2.77. The maximum atomic E-state index is 13.2. The van der Waals surface area contributed by atoms with Gasteiger partial charge in [-0.1, -0.05) is 0 Å². The molecule has 22 heavy (non-hydrogen) atoms. The van der Waals surface area contributed by atoms with Gasteiger partial charge in [-0.05, 0) is 13.3 Å². The number of nitrogens with zero attached hydrogens (tertiary/aromatic N) is 1. The molecule has 126 valence electrons. The van der Waals surface area contributed by atoms with Crippen molar-refractivity contribution in [2.24, 2.45) is 16.8 Å². The number of ether oxygens (including phenoxy) is 1. The van der Waals surface area contributed by atoms with Crippen LogP contribution < -0.4 is 0 Å². The molecule has 0 radical (unpaired) electrons. The van der Waals surface area contributed by atoms with Crippen molar-refractivity contribution in [3.63, 3.8) is 0 Å². The van der Waals surface area contributed by atoms with Crippen molar-refractivity contribution < 1.29 is 45.8 Å². The Morgan fingerprint density at radius 3 is 2.00 bits per heavy atom. The summed E-state index contributed by atoms with van der Waals surface area (Å²) in [6, 6.07) is 0. The summed E-state index contributed by atoms with van der Waals surface area (Å²) in [5.74, 6) is -8.06. The zero-order valence-corrected chi connectivity index (χ0v) is 11.2. The van der Waals surface area contributed by atoms with E-state index in [1.807, 2.05) is 0 Å². The average Bonchev–Trinajstić information content (AvgIpc) is 2.34. The predicted molar refractivity (Wildman–Crippen MR) is 59.2 cm³/mol. The number of aliphatic carboxylic acids is 1. The van der Waals surface area contributed by atoms with E-state index in [9.17, 15) is 35.9 Å². The third-order valence-electron chi connectivity index (χ3n) is 3.48. The first-order valence-corrected chi connectivity index (χ1v) is 5.80. The number of hydrogen-bond donors (Lipinski definition) is 1. The SMILES string of the molecule is COC(=O)C1CC(C(=O)O)C(C)=NC1(C(F)(F)F)C(F)(F)F. The van der Waals surface area contributed by atoms with Gasteiger partial charge in [-0.3, -0.25) is 14.6 Å². The molecule has 0 spiro atoms. The Bertz CT molecular complexity index is 496. The third kappa shape index (κ3) is 2.63. The first-order valence-electron chi connectivity index (χ1n) is 5.80. The topological polar surface area (TPSA) is 76.0 Å². The Hall–Kier alpha value is -1.81. The van der Waals surface area contributed by atoms with Crippen LogP contribution in [0.25, 0.3) is 0 Å². The van der Waals surface area contributed by atoms with Gasteiger partial charge in [-0.15, -0.1) is 0 Å². The minimum absolute atomic E-state index is 0.612. The van der Waals surface area contributed by atoms with Crippen LogP contribution in [0.4, 0.5) is 26.3 Å². The largest absolute Gasteiger partial charge is 0.481 e. The van der Waals surface area contributed by atoms with Crippen LogP contribution in [0.15, 0.2) is 4.99 Å². The molecule has 1 heterocycles. The van der Waals surface area contributed by atoms with Gasteiger partial charge in [-0.2, -0.15) is 26.3 Å². The zero-order chi connectivity index (χ0) is 17.5. The van der Waals surface area contributed by atoms with Crippen molar-refractivity contribution in [3.05, 3.63) is 0 Å². The molecule has 5 nitrogen and oxygen atoms in total. The van der Waals surface area contributed by atoms with Gasteiger partial charge in [0.1, 0.15) is 5.92 Å². The van der Waals surface area contributed by atoms with Crippen LogP contribution in [0.5, 0.6) is 0 Å². The van der Waals surface area contributed by atoms with Crippen molar-refractivity contribution >= 4 is 17.7 Å². The number of carboxylic acid groups (broad SMARTS) is 1. The molecule has 0 saturated heterocycles. The fourth-order valence-corrected chi connectivity index (χ4v) is 2.38. The van der Waals surface area contributed by atoms with Crippen molar-refractivity contribution in [1.82, 2.24) is 0 Å². The Balaban J connectivity index is 3.68. The molecule has 0 aromatic carbocycles. The molecule has 0 aromatic heterocycles. The molecule has 0 aromatic rings. The van der Waals surface area contributed by atoms with Gasteiger partial charge in [0, 0.05) is 5.71 Å². The second-order valence-corrected chi connectivity index (χ2v) is 4.72. The number of carboxylic acids is 1. The van der Waals surface area contributed by atoms with Crippen LogP contribution in [0, 0.1) is 11.8 Å². The highest BCUT2D eigenvalue weighted by atomic mass is 19.4. The van der Waals surface area contributed by atoms with Gasteiger partial charge in [0.2, 0.25) is 0 Å². The lowest BCUT2D eigenvalue weighted by Crippen LogP contribution is -2.65. The van der Waals surface area contributed by atoms with Crippen LogP contribution in [0.3, 0.4) is 0 Å². The summed E-state index contributed by atoms with van der Waals surface area (Å²) in [4.78, 5) is 25.0. The van der Waals surface area contributed by atoms with E-state index in [-0.39, 0.29) is 0 Å². The summed E-state index contributed by atoms with van der Waals surface area (Å²) in [6.45, 7) is 0.749. The molecule has 0 bridgehead atoms. The van der Waals surface area contributed by atoms with Gasteiger partial charge < -0.3 is 9.84 Å². The van der Waals surface area contributed by atoms with Crippen LogP contribution in [0.1, 0.15) is 13.3 Å². The monoisotopic (exact) mass is 335 g/mol. The molecular formula is C11H11F6NO4. The van der Waals surface area contributed by atoms with Crippen molar-refractivity contribution in [2.75, 3.05) is 7.11 Å². The highest BCUT2D eigenvalue weighted by molar-refractivity contribution is 6.02. The fourth-order valence-electron chi connectivity index (χ4n) is 2.38. The van der Waals surface area contributed by atoms with Crippen molar-refractivity contribution in [2.45, 2.75) is 31.2 Å². The molecule has 0 saturated carbocycles. The molecule has 1 aliphatic heterocycles. The van der Waals surface area contributed by atoms with Gasteiger partial charge in [-0.25, -0.2) is 0 Å². The smallest absolute Gasteiger partial charge is 0.423 e. The van der Waals surface area contributed by atoms with Crippen molar-refractivity contribution in [3.8, 4) is 0 Å². The van der Waals surface area contributed by atoms with Crippen LogP contribution in [0.2, 0.25) is 0 Å². The Morgan fingerprint density at radius 2 is 1.68 bits per heavy atom. The molecule has 1 rings (SSSR count). The van der Waals surface area contributed by atoms with Crippen LogP contribution in [-0.2, 0) is 14.3 Å². The predicted octanol–water partition coefficient (Wildman–Crippen LogP) is 2.20. The highest BCUT2D eigenvalue weighted by Crippen LogP contribution is 2.54. The van der Waals surface area contributed by atoms with Crippen LogP contribution in [-0.4, -0.2) is 47.8 Å². The van der Waals surface area contributed by atoms with E-state index in [4.69, 9.17) is 5.11 Å². The number of aliphatic imine (C=N–C) groups is 1. The molecule has 2 atom stereocenters. The summed E-state index contributed by atoms with van der Waals surface area (Å²) in [7, 11) is 0.612. The zero-order valence-electron chi connectivity index (χ0n) is 11.2. The standard InChI is InChI=1S/C11H11F6NO4/c1-4-5(7(19)20)3-6(8(21)22-2)9(18-4,10(12,13)14)11(15,16)17/h5-6H,3H2,1-2H3,(H,19,20). The number of rotatable bonds is 2. The second kappa shape index (κ2) is 5.43. The molecule has 1 N–H and O–H groups in total. The normalized spacial score (nSPS) is 25.4. The first-order chi connectivity index (χ1) is 9.79. The molecule has 11 heteroatoms. The molecule has 0 fully saturated rings. The van der Waals surface area contributed by atoms with E-state index < -0.39 is 53.8 Å². The summed E-state index contributed by atoms with van der Waals surface area (Å²) in [5.41, 5.74) is -5.58. The average molecular weight is 335 g/mol. The molecular weight excluding hydrogens is 324 g/mol. The van der Waals surface area contributed by atoms with Gasteiger partial charge >= 0.3 is 24.3 Å². The van der Waals surface area contributed by atoms with E-state index >= 15 is 0 Å². The van der Waals surface area contributed by atoms with E-state index in [1.165, 1.54) is 0 Å². The van der Waals surface area contributed by atoms with Gasteiger partial charge in [0.25, 0.3) is 5.54 Å². The Labute approximate surface area is 120 Å². The number of carbonyl (C=O) groups is 2. The lowest BCUT2D eigenvalue weighted by Gasteiger charge is -2.42. The van der Waals surface area contributed by atoms with E-state index in [2.05, 4.69) is 9.73 Å². The van der Waals surface area contributed by atoms with Crippen LogP contribution >= 0.6 is 0 Å². The summed E-state index contributed by atoms with van der Waals surface area (Å²) in [5, 5.41) is 8.86. The number of hydrogen-bond acceptors (Lipinski definition) is 4. The quantitative estimate of drug-likeness (QED) is 0.620. The Morgan fingerprint density at radius 1 is 1.23 bits per heavy atom. The molecule has 0 amide bonds. The number of alkyl halides is 6. The van der Waals surface area contributed by atoms with E-state index in [1.54, 1.807) is 0 Å². The molecule has 0 aliphatic carbocycles. The summed E-state index contributed by atoms with van der Waals surface area (Å²) < 4.78 is 82.9. The number of carbonyl (C=O) groups excluding carboxylic acids is 1.